The second-order valence-electron chi connectivity index (χ2n) is 24.2. The van der Waals surface area contributed by atoms with E-state index in [4.69, 9.17) is 52.1 Å². The van der Waals surface area contributed by atoms with Crippen LogP contribution in [0.25, 0.3) is 0 Å². The molecule has 20 nitrogen and oxygen atoms in total. The molecule has 2 aliphatic carbocycles. The Labute approximate surface area is 461 Å². The summed E-state index contributed by atoms with van der Waals surface area (Å²) in [6, 6.07) is 5.25. The van der Waals surface area contributed by atoms with Crippen LogP contribution >= 0.6 is 0 Å². The summed E-state index contributed by atoms with van der Waals surface area (Å²) in [5.41, 5.74) is 1.21. The number of allylic oxidation sites excluding steroid dienone is 2. The minimum absolute atomic E-state index is 0.0600. The lowest BCUT2D eigenvalue weighted by Gasteiger charge is -2.44. The SMILES string of the molecule is C1CN(CCC2CNC2)CCO1.CO[C@@H]1[C@H](OC(=O)N2CC(CCN3CCOCC3)C2)CC[C@]2(CO2)[C@H]1[C@@]1(C)O[C@@H]1CC=C(C)C.CO[C@@H]1[C@H](OC(=O)Oc2ccc([N+](=O)[O-])cc2)CC[C@]2(CO2)[C@H]1[C@@]1(C)O[C@@H]1CC=C(C)C. The number of hydrogen-bond donors (Lipinski definition) is 1. The van der Waals surface area contributed by atoms with Crippen LogP contribution in [-0.2, 0) is 47.4 Å². The van der Waals surface area contributed by atoms with Gasteiger partial charge in [0.05, 0.1) is 68.6 Å². The molecule has 20 heteroatoms. The zero-order valence-corrected chi connectivity index (χ0v) is 47.6. The van der Waals surface area contributed by atoms with Crippen molar-refractivity contribution in [1.82, 2.24) is 20.0 Å². The Hall–Kier alpha value is -3.80. The number of non-ortho nitro benzene ring substituents is 1. The second kappa shape index (κ2) is 25.6. The van der Waals surface area contributed by atoms with Gasteiger partial charge in [-0.1, -0.05) is 23.3 Å². The molecule has 10 aliphatic rings. The maximum atomic E-state index is 12.9. The van der Waals surface area contributed by atoms with E-state index in [0.29, 0.717) is 18.9 Å². The zero-order valence-electron chi connectivity index (χ0n) is 47.6. The molecule has 1 aromatic carbocycles. The number of benzene rings is 1. The third-order valence-corrected chi connectivity index (χ3v) is 18.2. The first kappa shape index (κ1) is 58.8. The molecule has 0 bridgehead atoms. The number of hydrogen-bond acceptors (Lipinski definition) is 18. The third kappa shape index (κ3) is 14.3. The summed E-state index contributed by atoms with van der Waals surface area (Å²) >= 11 is 0. The van der Waals surface area contributed by atoms with Crippen LogP contribution in [0.15, 0.2) is 47.6 Å². The van der Waals surface area contributed by atoms with Gasteiger partial charge in [0.15, 0.2) is 0 Å². The van der Waals surface area contributed by atoms with Gasteiger partial charge >= 0.3 is 12.2 Å². The molecule has 11 rings (SSSR count). The van der Waals surface area contributed by atoms with Gasteiger partial charge in [-0.3, -0.25) is 19.9 Å². The van der Waals surface area contributed by atoms with Gasteiger partial charge in [0.1, 0.15) is 52.6 Å². The van der Waals surface area contributed by atoms with Gasteiger partial charge in [-0.25, -0.2) is 9.59 Å². The lowest BCUT2D eigenvalue weighted by molar-refractivity contribution is -0.384. The molecule has 0 radical (unpaired) electrons. The molecule has 436 valence electrons. The topological polar surface area (TPSA) is 214 Å². The minimum atomic E-state index is -0.875. The molecule has 1 amide bonds. The molecule has 12 atom stereocenters. The number of epoxide rings is 4. The molecule has 2 saturated carbocycles. The van der Waals surface area contributed by atoms with Crippen molar-refractivity contribution >= 4 is 17.9 Å². The van der Waals surface area contributed by atoms with Crippen molar-refractivity contribution in [3.8, 4) is 5.75 Å². The Kier molecular flexibility index (Phi) is 19.3. The van der Waals surface area contributed by atoms with Gasteiger partial charge in [-0.05, 0) is 143 Å². The highest BCUT2D eigenvalue weighted by atomic mass is 16.7. The first-order valence-electron chi connectivity index (χ1n) is 28.8. The molecule has 8 heterocycles. The molecule has 2 spiro atoms. The Morgan fingerprint density at radius 2 is 1.18 bits per heavy atom. The van der Waals surface area contributed by atoms with Crippen LogP contribution in [0, 0.1) is 33.8 Å². The van der Waals surface area contributed by atoms with Crippen molar-refractivity contribution in [3.63, 3.8) is 0 Å². The molecule has 0 unspecified atom stereocenters. The van der Waals surface area contributed by atoms with E-state index in [0.717, 1.165) is 123 Å². The molecular formula is C58H89N5O15. The van der Waals surface area contributed by atoms with Crippen molar-refractivity contribution in [1.29, 1.82) is 0 Å². The highest BCUT2D eigenvalue weighted by molar-refractivity contribution is 5.69. The lowest BCUT2D eigenvalue weighted by atomic mass is 9.68. The molecule has 10 fully saturated rings. The van der Waals surface area contributed by atoms with Crippen LogP contribution < -0.4 is 10.1 Å². The molecule has 1 N–H and O–H groups in total. The summed E-state index contributed by atoms with van der Waals surface area (Å²) in [6.45, 7) is 28.2. The van der Waals surface area contributed by atoms with E-state index in [1.807, 2.05) is 4.90 Å². The fourth-order valence-corrected chi connectivity index (χ4v) is 13.1. The largest absolute Gasteiger partial charge is 0.514 e. The highest BCUT2D eigenvalue weighted by Crippen LogP contribution is 2.61. The van der Waals surface area contributed by atoms with Crippen molar-refractivity contribution < 1.29 is 66.6 Å². The summed E-state index contributed by atoms with van der Waals surface area (Å²) in [5.74, 6) is 1.66. The number of ether oxygens (including phenoxy) is 11. The number of likely N-dealkylation sites (tertiary alicyclic amines) is 1. The number of morpholine rings is 2. The molecule has 0 aromatic heterocycles. The van der Waals surface area contributed by atoms with Crippen LogP contribution in [0.5, 0.6) is 5.75 Å². The van der Waals surface area contributed by atoms with E-state index in [2.05, 4.69) is 68.8 Å². The molecule has 8 aliphatic heterocycles. The predicted molar refractivity (Wildman–Crippen MR) is 288 cm³/mol. The van der Waals surface area contributed by atoms with Crippen molar-refractivity contribution in [2.45, 2.75) is 152 Å². The Morgan fingerprint density at radius 3 is 1.59 bits per heavy atom. The van der Waals surface area contributed by atoms with Crippen LogP contribution in [0.2, 0.25) is 0 Å². The Morgan fingerprint density at radius 1 is 0.718 bits per heavy atom. The first-order chi connectivity index (χ1) is 37.5. The number of amides is 1. The quantitative estimate of drug-likeness (QED) is 0.0392. The normalized spacial score (nSPS) is 36.0. The Bertz CT molecular complexity index is 2230. The third-order valence-electron chi connectivity index (χ3n) is 18.2. The number of carbonyl (C=O) groups excluding carboxylic acids is 2. The van der Waals surface area contributed by atoms with E-state index in [-0.39, 0.29) is 70.6 Å². The number of rotatable bonds is 18. The van der Waals surface area contributed by atoms with Gasteiger partial charge in [0, 0.05) is 65.6 Å². The lowest BCUT2D eigenvalue weighted by Crippen LogP contribution is -2.57. The van der Waals surface area contributed by atoms with E-state index in [1.54, 1.807) is 14.2 Å². The van der Waals surface area contributed by atoms with Gasteiger partial charge in [0.25, 0.3) is 5.69 Å². The van der Waals surface area contributed by atoms with Gasteiger partial charge < -0.3 is 62.3 Å². The number of carbonyl (C=O) groups is 2. The maximum Gasteiger partial charge on any atom is 0.514 e. The maximum absolute atomic E-state index is 12.9. The van der Waals surface area contributed by atoms with Gasteiger partial charge in [0.2, 0.25) is 0 Å². The Balaban J connectivity index is 0.000000157. The molecular weight excluding hydrogens is 1010 g/mol. The standard InChI is InChI=1S/C26H42N2O6.C23H29NO8.C9H18N2O/c1-18(2)5-6-21-25(3,34-21)23-22(30-4)20(7-9-26(23)17-32-26)33-24(29)28-15-19(16-28)8-10-27-11-13-31-14-12-27;1-14(2)5-10-18-22(3,32-18)20-19(28-4)17(11-12-23(20)13-29-23)31-21(25)30-16-8-6-15(7-9-16)24(26)27;1(9-7-10-8-9)2-11-3-5-12-6-4-11/h5,19-23H,6-17H2,1-4H3;5-9,17-20H,10-13H2,1-4H3;9-10H,1-8H2/t20-,21-,22-,23-,25+,26+;17-,18-,19-,20-,22+,23+;/m11./s1. The van der Waals surface area contributed by atoms with Crippen molar-refractivity contribution in [3.05, 3.63) is 57.7 Å². The van der Waals surface area contributed by atoms with E-state index in [1.165, 1.54) is 61.5 Å². The van der Waals surface area contributed by atoms with Crippen LogP contribution in [0.3, 0.4) is 0 Å². The molecule has 1 aromatic rings. The van der Waals surface area contributed by atoms with Crippen LogP contribution in [-0.4, -0.2) is 210 Å². The average Bonchev–Trinajstić information content (AvgIpc) is 3.97. The van der Waals surface area contributed by atoms with Crippen LogP contribution in [0.1, 0.15) is 92.9 Å². The summed E-state index contributed by atoms with van der Waals surface area (Å²) in [4.78, 5) is 42.5. The van der Waals surface area contributed by atoms with Gasteiger partial charge in [-0.15, -0.1) is 0 Å². The number of methoxy groups -OCH3 is 2. The number of nitro groups is 1. The van der Waals surface area contributed by atoms with E-state index >= 15 is 0 Å². The van der Waals surface area contributed by atoms with E-state index in [9.17, 15) is 19.7 Å². The predicted octanol–water partition coefficient (Wildman–Crippen LogP) is 6.97. The number of nitrogens with one attached hydrogen (secondary N) is 1. The van der Waals surface area contributed by atoms with E-state index < -0.39 is 28.9 Å². The number of nitro benzene ring substituents is 1. The summed E-state index contributed by atoms with van der Waals surface area (Å²) in [5, 5.41) is 14.1. The highest BCUT2D eigenvalue weighted by Gasteiger charge is 2.73. The average molecular weight is 1100 g/mol. The molecule has 78 heavy (non-hydrogen) atoms. The van der Waals surface area contributed by atoms with Gasteiger partial charge in [-0.2, -0.15) is 0 Å². The fraction of sp³-hybridized carbons (Fsp3) is 0.793. The smallest absolute Gasteiger partial charge is 0.443 e. The minimum Gasteiger partial charge on any atom is -0.443 e. The van der Waals surface area contributed by atoms with Crippen LogP contribution in [0.4, 0.5) is 15.3 Å². The van der Waals surface area contributed by atoms with Crippen molar-refractivity contribution in [2.75, 3.05) is 119 Å². The second-order valence-corrected chi connectivity index (χ2v) is 24.2. The monoisotopic (exact) mass is 1100 g/mol. The molecule has 8 saturated heterocycles. The first-order valence-corrected chi connectivity index (χ1v) is 28.8. The summed E-state index contributed by atoms with van der Waals surface area (Å²) in [6.07, 6.45) is 9.29. The zero-order chi connectivity index (χ0) is 55.2. The van der Waals surface area contributed by atoms with Crippen molar-refractivity contribution in [2.24, 2.45) is 23.7 Å². The summed E-state index contributed by atoms with van der Waals surface area (Å²) < 4.78 is 63.8. The number of nitrogens with zero attached hydrogens (tertiary/aromatic N) is 4. The summed E-state index contributed by atoms with van der Waals surface area (Å²) in [7, 11) is 3.33. The fourth-order valence-electron chi connectivity index (χ4n) is 13.1.